The molecule has 0 atom stereocenters. The fraction of sp³-hybridized carbons (Fsp3) is 0.278. The van der Waals surface area contributed by atoms with Crippen molar-refractivity contribution in [2.75, 3.05) is 5.32 Å². The lowest BCUT2D eigenvalue weighted by Crippen LogP contribution is -2.20. The van der Waals surface area contributed by atoms with E-state index < -0.39 is 6.03 Å². The summed E-state index contributed by atoms with van der Waals surface area (Å²) in [7, 11) is 0. The number of benzene rings is 1. The molecule has 2 aromatic rings. The van der Waals surface area contributed by atoms with Crippen molar-refractivity contribution in [1.29, 1.82) is 5.26 Å². The Kier molecular flexibility index (Phi) is 5.32. The maximum absolute atomic E-state index is 11.3. The number of nitriles is 1. The van der Waals surface area contributed by atoms with Crippen molar-refractivity contribution in [3.05, 3.63) is 47.3 Å². The van der Waals surface area contributed by atoms with Gasteiger partial charge in [0.25, 0.3) is 0 Å². The number of anilines is 1. The molecule has 118 valence electrons. The number of primary amides is 1. The molecule has 0 unspecified atom stereocenters. The van der Waals surface area contributed by atoms with Crippen LogP contribution in [0.2, 0.25) is 0 Å². The zero-order valence-electron chi connectivity index (χ0n) is 13.4. The molecule has 2 amide bonds. The molecule has 1 heterocycles. The number of aromatic nitrogens is 1. The topological polar surface area (TPSA) is 91.8 Å². The number of fused-ring (bicyclic) bond motifs is 1. The minimum Gasteiger partial charge on any atom is -0.351 e. The Labute approximate surface area is 136 Å². The monoisotopic (exact) mass is 308 g/mol. The molecule has 1 aromatic heterocycles. The van der Waals surface area contributed by atoms with Crippen LogP contribution in [0.5, 0.6) is 0 Å². The molecular formula is C18H20N4O. The van der Waals surface area contributed by atoms with Gasteiger partial charge in [0.2, 0.25) is 0 Å². The molecule has 3 N–H and O–H groups in total. The van der Waals surface area contributed by atoms with Gasteiger partial charge in [-0.15, -0.1) is 0 Å². The number of nitrogens with two attached hydrogens (primary N) is 1. The van der Waals surface area contributed by atoms with Crippen molar-refractivity contribution < 1.29 is 4.79 Å². The number of carbonyl (C=O) groups is 1. The fourth-order valence-corrected chi connectivity index (χ4v) is 2.83. The van der Waals surface area contributed by atoms with Crippen molar-refractivity contribution in [2.45, 2.75) is 33.1 Å². The number of rotatable bonds is 2. The molecule has 0 radical (unpaired) electrons. The lowest BCUT2D eigenvalue weighted by atomic mass is 9.97. The zero-order valence-corrected chi connectivity index (χ0v) is 13.4. The second-order valence-corrected chi connectivity index (χ2v) is 5.01. The predicted octanol–water partition coefficient (Wildman–Crippen LogP) is 3.63. The summed E-state index contributed by atoms with van der Waals surface area (Å²) in [6.45, 7) is 4.00. The fourth-order valence-electron chi connectivity index (χ4n) is 2.83. The summed E-state index contributed by atoms with van der Waals surface area (Å²) in [5, 5.41) is 11.7. The van der Waals surface area contributed by atoms with Crippen molar-refractivity contribution in [3.63, 3.8) is 0 Å². The number of nitrogens with one attached hydrogen (secondary N) is 1. The number of carbonyl (C=O) groups excluding carboxylic acids is 1. The maximum atomic E-state index is 11.3. The van der Waals surface area contributed by atoms with Crippen LogP contribution >= 0.6 is 0 Å². The third-order valence-corrected chi connectivity index (χ3v) is 3.72. The summed E-state index contributed by atoms with van der Waals surface area (Å²) in [6.07, 6.45) is 4.61. The van der Waals surface area contributed by atoms with Crippen molar-refractivity contribution in [1.82, 2.24) is 4.98 Å². The van der Waals surface area contributed by atoms with Crippen LogP contribution < -0.4 is 11.1 Å². The van der Waals surface area contributed by atoms with Gasteiger partial charge in [-0.2, -0.15) is 5.26 Å². The first-order valence-electron chi connectivity index (χ1n) is 7.77. The molecule has 0 bridgehead atoms. The van der Waals surface area contributed by atoms with Gasteiger partial charge in [-0.05, 0) is 48.1 Å². The molecule has 3 rings (SSSR count). The Morgan fingerprint density at radius 3 is 2.78 bits per heavy atom. The van der Waals surface area contributed by atoms with E-state index in [1.807, 2.05) is 32.0 Å². The second kappa shape index (κ2) is 7.41. The van der Waals surface area contributed by atoms with Crippen LogP contribution in [0.15, 0.2) is 30.5 Å². The zero-order chi connectivity index (χ0) is 16.8. The molecular weight excluding hydrogens is 288 g/mol. The highest BCUT2D eigenvalue weighted by Crippen LogP contribution is 2.37. The second-order valence-electron chi connectivity index (χ2n) is 5.01. The largest absolute Gasteiger partial charge is 0.351 e. The molecule has 0 aliphatic heterocycles. The summed E-state index contributed by atoms with van der Waals surface area (Å²) in [5.74, 6) is 0. The van der Waals surface area contributed by atoms with E-state index in [2.05, 4.69) is 16.4 Å². The van der Waals surface area contributed by atoms with Gasteiger partial charge in [-0.25, -0.2) is 9.78 Å². The van der Waals surface area contributed by atoms with E-state index in [0.29, 0.717) is 5.69 Å². The Morgan fingerprint density at radius 2 is 2.09 bits per heavy atom. The summed E-state index contributed by atoms with van der Waals surface area (Å²) < 4.78 is 0. The number of hydrogen-bond acceptors (Lipinski definition) is 3. The number of nitrogens with zero attached hydrogens (tertiary/aromatic N) is 2. The number of urea groups is 1. The average molecular weight is 308 g/mol. The van der Waals surface area contributed by atoms with Gasteiger partial charge in [0.05, 0.1) is 5.69 Å². The minimum atomic E-state index is -0.578. The van der Waals surface area contributed by atoms with E-state index in [0.717, 1.165) is 41.6 Å². The molecule has 0 fully saturated rings. The first kappa shape index (κ1) is 16.5. The van der Waals surface area contributed by atoms with Gasteiger partial charge in [0.15, 0.2) is 0 Å². The van der Waals surface area contributed by atoms with Gasteiger partial charge in [-0.3, -0.25) is 0 Å². The van der Waals surface area contributed by atoms with E-state index in [4.69, 9.17) is 11.0 Å². The first-order chi connectivity index (χ1) is 11.2. The molecule has 0 saturated heterocycles. The van der Waals surface area contributed by atoms with E-state index in [1.54, 1.807) is 12.3 Å². The third-order valence-electron chi connectivity index (χ3n) is 3.72. The minimum absolute atomic E-state index is 0.345. The van der Waals surface area contributed by atoms with Crippen LogP contribution in [0.3, 0.4) is 0 Å². The van der Waals surface area contributed by atoms with Gasteiger partial charge in [0.1, 0.15) is 11.8 Å². The normalized spacial score (nSPS) is 11.7. The standard InChI is InChI=1S/C16H14N4O.C2H6/c17-9-12-8-11(6-7-19-12)14-5-4-10-2-1-3-13(10)15(14)20-16(18)21;1-2/h4-8H,1-3H2,(H3,18,20,21);1-2H3. The Balaban J connectivity index is 0.000000924. The van der Waals surface area contributed by atoms with Crippen molar-refractivity contribution in [3.8, 4) is 17.2 Å². The molecule has 23 heavy (non-hydrogen) atoms. The Morgan fingerprint density at radius 1 is 1.30 bits per heavy atom. The van der Waals surface area contributed by atoms with Crippen molar-refractivity contribution >= 4 is 11.7 Å². The number of amides is 2. The highest BCUT2D eigenvalue weighted by molar-refractivity contribution is 5.95. The highest BCUT2D eigenvalue weighted by Gasteiger charge is 2.19. The van der Waals surface area contributed by atoms with Crippen LogP contribution in [-0.4, -0.2) is 11.0 Å². The third kappa shape index (κ3) is 3.49. The van der Waals surface area contributed by atoms with Crippen LogP contribution in [-0.2, 0) is 12.8 Å². The number of pyridine rings is 1. The summed E-state index contributed by atoms with van der Waals surface area (Å²) in [6, 6.07) is 9.03. The first-order valence-corrected chi connectivity index (χ1v) is 7.77. The predicted molar refractivity (Wildman–Crippen MR) is 91.0 cm³/mol. The van der Waals surface area contributed by atoms with E-state index >= 15 is 0 Å². The van der Waals surface area contributed by atoms with Gasteiger partial charge in [0, 0.05) is 11.8 Å². The summed E-state index contributed by atoms with van der Waals surface area (Å²) >= 11 is 0. The van der Waals surface area contributed by atoms with Crippen LogP contribution in [0.4, 0.5) is 10.5 Å². The number of hydrogen-bond donors (Lipinski definition) is 2. The SMILES string of the molecule is CC.N#Cc1cc(-c2ccc3c(c2NC(N)=O)CCC3)ccn1. The molecule has 0 spiro atoms. The smallest absolute Gasteiger partial charge is 0.316 e. The van der Waals surface area contributed by atoms with Gasteiger partial charge in [-0.1, -0.05) is 26.0 Å². The molecule has 0 saturated carbocycles. The lowest BCUT2D eigenvalue weighted by molar-refractivity contribution is 0.259. The van der Waals surface area contributed by atoms with Crippen LogP contribution in [0, 0.1) is 11.3 Å². The Bertz CT molecular complexity index is 762. The maximum Gasteiger partial charge on any atom is 0.316 e. The van der Waals surface area contributed by atoms with E-state index in [9.17, 15) is 4.79 Å². The molecule has 5 nitrogen and oxygen atoms in total. The van der Waals surface area contributed by atoms with E-state index in [1.165, 1.54) is 5.56 Å². The van der Waals surface area contributed by atoms with Crippen LogP contribution in [0.25, 0.3) is 11.1 Å². The Hall–Kier alpha value is -2.87. The summed E-state index contributed by atoms with van der Waals surface area (Å²) in [4.78, 5) is 15.3. The van der Waals surface area contributed by atoms with Gasteiger partial charge < -0.3 is 11.1 Å². The lowest BCUT2D eigenvalue weighted by Gasteiger charge is -2.15. The highest BCUT2D eigenvalue weighted by atomic mass is 16.2. The average Bonchev–Trinajstić information content (AvgIpc) is 3.06. The molecule has 1 aliphatic rings. The molecule has 5 heteroatoms. The quantitative estimate of drug-likeness (QED) is 0.887. The number of aryl methyl sites for hydroxylation is 1. The van der Waals surface area contributed by atoms with Gasteiger partial charge >= 0.3 is 6.03 Å². The summed E-state index contributed by atoms with van der Waals surface area (Å²) in [5.41, 5.74) is 10.5. The van der Waals surface area contributed by atoms with Crippen molar-refractivity contribution in [2.24, 2.45) is 5.73 Å². The molecule has 1 aliphatic carbocycles. The molecule has 1 aromatic carbocycles. The van der Waals surface area contributed by atoms with E-state index in [-0.39, 0.29) is 0 Å². The van der Waals surface area contributed by atoms with Crippen LogP contribution in [0.1, 0.15) is 37.1 Å².